The lowest BCUT2D eigenvalue weighted by molar-refractivity contribution is -0.123. The van der Waals surface area contributed by atoms with Crippen molar-refractivity contribution in [2.75, 3.05) is 31.1 Å². The molecule has 2 heterocycles. The van der Waals surface area contributed by atoms with Crippen molar-refractivity contribution >= 4 is 39.1 Å². The maximum atomic E-state index is 13.0. The maximum absolute atomic E-state index is 13.0. The van der Waals surface area contributed by atoms with Crippen LogP contribution in [0.5, 0.6) is 0 Å². The molecule has 9 heteroatoms. The highest BCUT2D eigenvalue weighted by molar-refractivity contribution is 7.89. The van der Waals surface area contributed by atoms with Crippen LogP contribution in [0.2, 0.25) is 5.02 Å². The lowest BCUT2D eigenvalue weighted by Gasteiger charge is -2.36. The Morgan fingerprint density at radius 3 is 2.10 bits per heavy atom. The summed E-state index contributed by atoms with van der Waals surface area (Å²) >= 11 is 5.85. The number of halogens is 1. The van der Waals surface area contributed by atoms with Crippen LogP contribution in [0.4, 0.5) is 5.69 Å². The summed E-state index contributed by atoms with van der Waals surface area (Å²) in [6.07, 6.45) is 0.108. The molecule has 1 atom stereocenters. The van der Waals surface area contributed by atoms with Gasteiger partial charge in [-0.25, -0.2) is 13.3 Å². The molecular weight excluding hydrogens is 426 g/mol. The molecular formula is C21H22ClN3O4S. The zero-order valence-corrected chi connectivity index (χ0v) is 18.1. The largest absolute Gasteiger partial charge is 0.289 e. The molecule has 0 aromatic heterocycles. The highest BCUT2D eigenvalue weighted by atomic mass is 35.5. The van der Waals surface area contributed by atoms with Gasteiger partial charge in [-0.2, -0.15) is 4.31 Å². The van der Waals surface area contributed by atoms with E-state index in [0.29, 0.717) is 23.8 Å². The number of hydrogen-bond donors (Lipinski definition) is 0. The molecule has 0 spiro atoms. The van der Waals surface area contributed by atoms with Gasteiger partial charge in [0, 0.05) is 31.2 Å². The fourth-order valence-electron chi connectivity index (χ4n) is 3.88. The number of sulfonamides is 1. The quantitative estimate of drug-likeness (QED) is 0.672. The number of aryl methyl sites for hydroxylation is 1. The minimum atomic E-state index is -3.62. The highest BCUT2D eigenvalue weighted by Crippen LogP contribution is 2.27. The maximum Gasteiger partial charge on any atom is 0.251 e. The molecule has 158 valence electrons. The topological polar surface area (TPSA) is 78.0 Å². The lowest BCUT2D eigenvalue weighted by atomic mass is 10.2. The van der Waals surface area contributed by atoms with Gasteiger partial charge in [0.1, 0.15) is 0 Å². The normalized spacial score (nSPS) is 21.4. The molecule has 0 unspecified atom stereocenters. The number of amides is 2. The third-order valence-electron chi connectivity index (χ3n) is 5.58. The van der Waals surface area contributed by atoms with Crippen LogP contribution in [0.25, 0.3) is 0 Å². The molecule has 2 aromatic rings. The van der Waals surface area contributed by atoms with Crippen LogP contribution in [-0.2, 0) is 19.6 Å². The average Bonchev–Trinajstić information content (AvgIpc) is 3.03. The van der Waals surface area contributed by atoms with Gasteiger partial charge in [-0.3, -0.25) is 14.5 Å². The van der Waals surface area contributed by atoms with Crippen LogP contribution < -0.4 is 4.90 Å². The van der Waals surface area contributed by atoms with Crippen LogP contribution in [0.1, 0.15) is 12.0 Å². The minimum absolute atomic E-state index is 0.108. The van der Waals surface area contributed by atoms with Crippen LogP contribution >= 0.6 is 11.6 Å². The molecule has 2 aliphatic rings. The van der Waals surface area contributed by atoms with Gasteiger partial charge >= 0.3 is 0 Å². The van der Waals surface area contributed by atoms with E-state index in [9.17, 15) is 18.0 Å². The number of imide groups is 1. The van der Waals surface area contributed by atoms with Crippen LogP contribution in [-0.4, -0.2) is 61.7 Å². The Morgan fingerprint density at radius 2 is 1.50 bits per heavy atom. The van der Waals surface area contributed by atoms with Crippen LogP contribution in [0, 0.1) is 6.92 Å². The van der Waals surface area contributed by atoms with E-state index in [0.717, 1.165) is 5.56 Å². The molecule has 2 aliphatic heterocycles. The van der Waals surface area contributed by atoms with E-state index >= 15 is 0 Å². The van der Waals surface area contributed by atoms with Gasteiger partial charge in [0.05, 0.1) is 23.0 Å². The molecule has 0 aliphatic carbocycles. The average molecular weight is 448 g/mol. The number of hydrogen-bond acceptors (Lipinski definition) is 5. The summed E-state index contributed by atoms with van der Waals surface area (Å²) in [4.78, 5) is 28.8. The molecule has 0 bridgehead atoms. The molecule has 7 nitrogen and oxygen atoms in total. The van der Waals surface area contributed by atoms with Gasteiger partial charge in [0.15, 0.2) is 0 Å². The van der Waals surface area contributed by atoms with Gasteiger partial charge in [0.25, 0.3) is 5.91 Å². The first-order valence-corrected chi connectivity index (χ1v) is 11.5. The fourth-order valence-corrected chi connectivity index (χ4v) is 5.43. The Bertz CT molecular complexity index is 1060. The predicted molar refractivity (Wildman–Crippen MR) is 114 cm³/mol. The number of rotatable bonds is 4. The summed E-state index contributed by atoms with van der Waals surface area (Å²) < 4.78 is 27.1. The van der Waals surface area contributed by atoms with E-state index in [1.165, 1.54) is 21.3 Å². The van der Waals surface area contributed by atoms with Crippen molar-refractivity contribution in [3.05, 3.63) is 59.1 Å². The van der Waals surface area contributed by atoms with Crippen molar-refractivity contribution < 1.29 is 18.0 Å². The van der Waals surface area contributed by atoms with Crippen LogP contribution in [0.3, 0.4) is 0 Å². The summed E-state index contributed by atoms with van der Waals surface area (Å²) in [6, 6.07) is 12.8. The number of anilines is 1. The number of piperazine rings is 1. The Kier molecular flexibility index (Phi) is 5.67. The van der Waals surface area contributed by atoms with E-state index in [1.54, 1.807) is 24.3 Å². The first-order valence-electron chi connectivity index (χ1n) is 9.70. The summed E-state index contributed by atoms with van der Waals surface area (Å²) in [7, 11) is -3.62. The second-order valence-electron chi connectivity index (χ2n) is 7.52. The van der Waals surface area contributed by atoms with E-state index in [-0.39, 0.29) is 36.2 Å². The van der Waals surface area contributed by atoms with E-state index in [1.807, 2.05) is 24.0 Å². The second kappa shape index (κ2) is 8.11. The summed E-state index contributed by atoms with van der Waals surface area (Å²) in [6.45, 7) is 3.23. The molecule has 2 fully saturated rings. The van der Waals surface area contributed by atoms with Gasteiger partial charge in [-0.1, -0.05) is 29.3 Å². The second-order valence-corrected chi connectivity index (χ2v) is 9.89. The van der Waals surface area contributed by atoms with Gasteiger partial charge in [-0.05, 0) is 43.3 Å². The molecule has 30 heavy (non-hydrogen) atoms. The van der Waals surface area contributed by atoms with E-state index < -0.39 is 16.1 Å². The number of benzene rings is 2. The molecule has 2 amide bonds. The first kappa shape index (κ1) is 21.0. The predicted octanol–water partition coefficient (Wildman–Crippen LogP) is 2.29. The third-order valence-corrected chi connectivity index (χ3v) is 7.75. The summed E-state index contributed by atoms with van der Waals surface area (Å²) in [5.74, 6) is -0.483. The number of carbonyl (C=O) groups is 2. The number of nitrogens with zero attached hydrogens (tertiary/aromatic N) is 3. The Morgan fingerprint density at radius 1 is 0.900 bits per heavy atom. The summed E-state index contributed by atoms with van der Waals surface area (Å²) in [5.41, 5.74) is 1.62. The van der Waals surface area contributed by atoms with Crippen molar-refractivity contribution in [2.45, 2.75) is 24.3 Å². The van der Waals surface area contributed by atoms with Crippen molar-refractivity contribution in [3.8, 4) is 0 Å². The van der Waals surface area contributed by atoms with Gasteiger partial charge in [0.2, 0.25) is 15.9 Å². The number of carbonyl (C=O) groups excluding carboxylic acids is 2. The molecule has 0 saturated carbocycles. The van der Waals surface area contributed by atoms with Crippen molar-refractivity contribution in [2.24, 2.45) is 0 Å². The van der Waals surface area contributed by atoms with Gasteiger partial charge < -0.3 is 0 Å². The van der Waals surface area contributed by atoms with Crippen molar-refractivity contribution in [1.29, 1.82) is 0 Å². The fraction of sp³-hybridized carbons (Fsp3) is 0.333. The standard InChI is InChI=1S/C21H22ClN3O4S/c1-15-2-6-17(7-3-15)25-20(26)14-19(21(25)27)23-10-12-24(13-11-23)30(28,29)18-8-4-16(22)5-9-18/h2-9,19H,10-14H2,1H3/t19-/m1/s1. The van der Waals surface area contributed by atoms with Crippen molar-refractivity contribution in [1.82, 2.24) is 9.21 Å². The summed E-state index contributed by atoms with van der Waals surface area (Å²) in [5, 5.41) is 0.473. The Balaban J connectivity index is 1.44. The lowest BCUT2D eigenvalue weighted by Crippen LogP contribution is -2.53. The van der Waals surface area contributed by atoms with E-state index in [2.05, 4.69) is 0 Å². The molecule has 0 radical (unpaired) electrons. The Labute approximate surface area is 180 Å². The molecule has 2 saturated heterocycles. The molecule has 4 rings (SSSR count). The van der Waals surface area contributed by atoms with Crippen LogP contribution in [0.15, 0.2) is 53.4 Å². The molecule has 0 N–H and O–H groups in total. The molecule has 2 aromatic carbocycles. The third kappa shape index (κ3) is 3.88. The monoisotopic (exact) mass is 447 g/mol. The zero-order valence-electron chi connectivity index (χ0n) is 16.5. The first-order chi connectivity index (χ1) is 14.3. The smallest absolute Gasteiger partial charge is 0.251 e. The highest BCUT2D eigenvalue weighted by Gasteiger charge is 2.44. The minimum Gasteiger partial charge on any atom is -0.289 e. The van der Waals surface area contributed by atoms with E-state index in [4.69, 9.17) is 11.6 Å². The Hall–Kier alpha value is -2.26. The SMILES string of the molecule is Cc1ccc(N2C(=O)C[C@@H](N3CCN(S(=O)(=O)c4ccc(Cl)cc4)CC3)C2=O)cc1. The van der Waals surface area contributed by atoms with Gasteiger partial charge in [-0.15, -0.1) is 0 Å². The zero-order chi connectivity index (χ0) is 21.5. The van der Waals surface area contributed by atoms with Crippen molar-refractivity contribution in [3.63, 3.8) is 0 Å².